The van der Waals surface area contributed by atoms with E-state index in [2.05, 4.69) is 12.2 Å². The lowest BCUT2D eigenvalue weighted by Gasteiger charge is -2.21. The predicted molar refractivity (Wildman–Crippen MR) is 63.1 cm³/mol. The molecular weight excluding hydrogens is 198 g/mol. The maximum Gasteiger partial charge on any atom is 0.132 e. The Kier molecular flexibility index (Phi) is 2.64. The molecule has 2 aliphatic rings. The van der Waals surface area contributed by atoms with Gasteiger partial charge in [0.2, 0.25) is 0 Å². The summed E-state index contributed by atoms with van der Waals surface area (Å²) in [7, 11) is 0. The molecule has 1 aliphatic heterocycles. The molecule has 0 unspecified atom stereocenters. The van der Waals surface area contributed by atoms with Crippen molar-refractivity contribution in [1.29, 1.82) is 0 Å². The zero-order valence-electron chi connectivity index (χ0n) is 9.92. The Bertz CT molecular complexity index is 394. The van der Waals surface area contributed by atoms with Gasteiger partial charge in [-0.25, -0.2) is 9.97 Å². The molecule has 0 amide bonds. The van der Waals surface area contributed by atoms with Crippen LogP contribution < -0.4 is 5.32 Å². The van der Waals surface area contributed by atoms with E-state index < -0.39 is 0 Å². The summed E-state index contributed by atoms with van der Waals surface area (Å²) in [6, 6.07) is 0. The molecule has 1 N–H and O–H groups in total. The summed E-state index contributed by atoms with van der Waals surface area (Å²) < 4.78 is 0. The normalized spacial score (nSPS) is 21.1. The highest BCUT2D eigenvalue weighted by molar-refractivity contribution is 5.29. The second kappa shape index (κ2) is 4.13. The summed E-state index contributed by atoms with van der Waals surface area (Å²) in [5.74, 6) is 1.73. The zero-order chi connectivity index (χ0) is 11.0. The second-order valence-electron chi connectivity index (χ2n) is 5.03. The number of hydrogen-bond donors (Lipinski definition) is 1. The van der Waals surface area contributed by atoms with Gasteiger partial charge in [0.1, 0.15) is 5.82 Å². The maximum absolute atomic E-state index is 4.76. The molecule has 0 atom stereocenters. The highest BCUT2D eigenvalue weighted by atomic mass is 15.0. The van der Waals surface area contributed by atoms with Crippen LogP contribution in [0.5, 0.6) is 0 Å². The quantitative estimate of drug-likeness (QED) is 0.785. The van der Waals surface area contributed by atoms with Gasteiger partial charge < -0.3 is 5.32 Å². The fourth-order valence-corrected chi connectivity index (χ4v) is 2.90. The van der Waals surface area contributed by atoms with E-state index in [1.807, 2.05) is 0 Å². The van der Waals surface area contributed by atoms with Crippen molar-refractivity contribution in [2.45, 2.75) is 58.0 Å². The molecule has 0 saturated heterocycles. The van der Waals surface area contributed by atoms with Gasteiger partial charge in [0, 0.05) is 30.3 Å². The molecule has 1 saturated carbocycles. The van der Waals surface area contributed by atoms with Gasteiger partial charge in [-0.2, -0.15) is 0 Å². The molecule has 3 nitrogen and oxygen atoms in total. The molecule has 0 spiro atoms. The molecule has 16 heavy (non-hydrogen) atoms. The van der Waals surface area contributed by atoms with E-state index >= 15 is 0 Å². The van der Waals surface area contributed by atoms with E-state index in [-0.39, 0.29) is 0 Å². The van der Waals surface area contributed by atoms with Crippen molar-refractivity contribution in [2.75, 3.05) is 0 Å². The van der Waals surface area contributed by atoms with E-state index in [0.29, 0.717) is 5.92 Å². The molecule has 86 valence electrons. The van der Waals surface area contributed by atoms with Crippen LogP contribution in [-0.2, 0) is 13.1 Å². The van der Waals surface area contributed by atoms with Crippen molar-refractivity contribution >= 4 is 0 Å². The first-order chi connectivity index (χ1) is 7.84. The Labute approximate surface area is 96.7 Å². The smallest absolute Gasteiger partial charge is 0.132 e. The Hall–Kier alpha value is -0.960. The van der Waals surface area contributed by atoms with Crippen molar-refractivity contribution in [3.63, 3.8) is 0 Å². The number of hydrogen-bond acceptors (Lipinski definition) is 3. The zero-order valence-corrected chi connectivity index (χ0v) is 9.92. The Balaban J connectivity index is 1.92. The minimum Gasteiger partial charge on any atom is -0.307 e. The van der Waals surface area contributed by atoms with Crippen molar-refractivity contribution in [2.24, 2.45) is 0 Å². The molecule has 1 aromatic rings. The van der Waals surface area contributed by atoms with E-state index in [0.717, 1.165) is 18.9 Å². The van der Waals surface area contributed by atoms with Crippen LogP contribution in [0, 0.1) is 6.92 Å². The summed E-state index contributed by atoms with van der Waals surface area (Å²) in [6.45, 7) is 4.00. The number of nitrogens with one attached hydrogen (secondary N) is 1. The highest BCUT2D eigenvalue weighted by Gasteiger charge is 2.22. The Morgan fingerprint density at radius 3 is 2.69 bits per heavy atom. The lowest BCUT2D eigenvalue weighted by molar-refractivity contribution is 0.427. The summed E-state index contributed by atoms with van der Waals surface area (Å²) in [5.41, 5.74) is 3.77. The molecular formula is C13H19N3. The first-order valence-corrected chi connectivity index (χ1v) is 6.41. The Morgan fingerprint density at radius 2 is 1.88 bits per heavy atom. The maximum atomic E-state index is 4.76. The van der Waals surface area contributed by atoms with Gasteiger partial charge in [0.25, 0.3) is 0 Å². The average Bonchev–Trinajstić information content (AvgIpc) is 2.79. The number of fused-ring (bicyclic) bond motifs is 1. The van der Waals surface area contributed by atoms with Crippen LogP contribution in [0.3, 0.4) is 0 Å². The fourth-order valence-electron chi connectivity index (χ4n) is 2.90. The standard InChI is InChI=1S/C13H19N3/c1-9-11-7-14-8-12(11)16-13(15-9)10-5-3-2-4-6-10/h10,14H,2-8H2,1H3. The van der Waals surface area contributed by atoms with Crippen LogP contribution in [-0.4, -0.2) is 9.97 Å². The fraction of sp³-hybridized carbons (Fsp3) is 0.692. The predicted octanol–water partition coefficient (Wildman–Crippen LogP) is 2.44. The third-order valence-electron chi connectivity index (χ3n) is 3.88. The first-order valence-electron chi connectivity index (χ1n) is 6.41. The van der Waals surface area contributed by atoms with Gasteiger partial charge in [-0.1, -0.05) is 19.3 Å². The molecule has 1 aliphatic carbocycles. The topological polar surface area (TPSA) is 37.8 Å². The van der Waals surface area contributed by atoms with Crippen molar-refractivity contribution in [3.05, 3.63) is 22.8 Å². The minimum absolute atomic E-state index is 0.623. The van der Waals surface area contributed by atoms with E-state index in [1.165, 1.54) is 49.1 Å². The molecule has 0 aromatic carbocycles. The minimum atomic E-state index is 0.623. The van der Waals surface area contributed by atoms with Gasteiger partial charge >= 0.3 is 0 Å². The molecule has 1 fully saturated rings. The van der Waals surface area contributed by atoms with Gasteiger partial charge in [0.15, 0.2) is 0 Å². The van der Waals surface area contributed by atoms with Crippen molar-refractivity contribution < 1.29 is 0 Å². The molecule has 1 aromatic heterocycles. The summed E-state index contributed by atoms with van der Waals surface area (Å²) in [6.07, 6.45) is 6.66. The van der Waals surface area contributed by atoms with Crippen LogP contribution in [0.2, 0.25) is 0 Å². The Morgan fingerprint density at radius 1 is 1.06 bits per heavy atom. The number of nitrogens with zero attached hydrogens (tertiary/aromatic N) is 2. The summed E-state index contributed by atoms with van der Waals surface area (Å²) in [5, 5.41) is 3.36. The van der Waals surface area contributed by atoms with Crippen LogP contribution in [0.1, 0.15) is 60.8 Å². The van der Waals surface area contributed by atoms with Crippen LogP contribution in [0.25, 0.3) is 0 Å². The lowest BCUT2D eigenvalue weighted by atomic mass is 9.88. The average molecular weight is 217 g/mol. The molecule has 2 heterocycles. The molecule has 0 bridgehead atoms. The van der Waals surface area contributed by atoms with Crippen LogP contribution >= 0.6 is 0 Å². The third-order valence-corrected chi connectivity index (χ3v) is 3.88. The SMILES string of the molecule is Cc1nc(C2CCCCC2)nc2c1CNC2. The highest BCUT2D eigenvalue weighted by Crippen LogP contribution is 2.31. The van der Waals surface area contributed by atoms with E-state index in [9.17, 15) is 0 Å². The summed E-state index contributed by atoms with van der Waals surface area (Å²) in [4.78, 5) is 9.48. The van der Waals surface area contributed by atoms with Gasteiger partial charge in [-0.3, -0.25) is 0 Å². The van der Waals surface area contributed by atoms with E-state index in [4.69, 9.17) is 9.97 Å². The van der Waals surface area contributed by atoms with E-state index in [1.54, 1.807) is 0 Å². The third kappa shape index (κ3) is 1.73. The van der Waals surface area contributed by atoms with Crippen LogP contribution in [0.4, 0.5) is 0 Å². The number of aromatic nitrogens is 2. The monoisotopic (exact) mass is 217 g/mol. The molecule has 3 rings (SSSR count). The summed E-state index contributed by atoms with van der Waals surface area (Å²) >= 11 is 0. The first kappa shape index (κ1) is 10.2. The van der Waals surface area contributed by atoms with Gasteiger partial charge in [-0.15, -0.1) is 0 Å². The number of rotatable bonds is 1. The second-order valence-corrected chi connectivity index (χ2v) is 5.03. The van der Waals surface area contributed by atoms with Gasteiger partial charge in [0.05, 0.1) is 5.69 Å². The van der Waals surface area contributed by atoms with Crippen molar-refractivity contribution in [1.82, 2.24) is 15.3 Å². The largest absolute Gasteiger partial charge is 0.307 e. The van der Waals surface area contributed by atoms with Crippen molar-refractivity contribution in [3.8, 4) is 0 Å². The van der Waals surface area contributed by atoms with Crippen LogP contribution in [0.15, 0.2) is 0 Å². The van der Waals surface area contributed by atoms with Gasteiger partial charge in [-0.05, 0) is 19.8 Å². The molecule has 0 radical (unpaired) electrons. The molecule has 3 heteroatoms. The number of aryl methyl sites for hydroxylation is 1. The lowest BCUT2D eigenvalue weighted by Crippen LogP contribution is -2.11.